The molecule has 0 aliphatic heterocycles. The predicted octanol–water partition coefficient (Wildman–Crippen LogP) is 3.73. The SMILES string of the molecule is CCOC(=O)c1c2sc(C(C)=O)c(N)c2n2cc(C)cc(C)c12. The number of nitrogens with zero attached hydrogens (tertiary/aromatic N) is 1. The zero-order valence-electron chi connectivity index (χ0n) is 13.5. The summed E-state index contributed by atoms with van der Waals surface area (Å²) in [7, 11) is 0. The second-order valence-corrected chi connectivity index (χ2v) is 6.61. The molecule has 0 bridgehead atoms. The van der Waals surface area contributed by atoms with E-state index < -0.39 is 0 Å². The summed E-state index contributed by atoms with van der Waals surface area (Å²) in [6, 6.07) is 2.02. The van der Waals surface area contributed by atoms with Gasteiger partial charge in [0.1, 0.15) is 5.56 Å². The summed E-state index contributed by atoms with van der Waals surface area (Å²) in [5, 5.41) is 0. The number of nitrogen functional groups attached to an aromatic ring is 1. The number of nitrogens with two attached hydrogens (primary N) is 1. The molecule has 5 nitrogen and oxygen atoms in total. The van der Waals surface area contributed by atoms with Gasteiger partial charge in [0, 0.05) is 13.1 Å². The summed E-state index contributed by atoms with van der Waals surface area (Å²) in [6.07, 6.45) is 1.93. The van der Waals surface area contributed by atoms with Crippen molar-refractivity contribution >= 4 is 44.5 Å². The molecule has 0 atom stereocenters. The van der Waals surface area contributed by atoms with Crippen LogP contribution in [0.1, 0.15) is 45.0 Å². The molecule has 0 fully saturated rings. The zero-order valence-corrected chi connectivity index (χ0v) is 14.3. The summed E-state index contributed by atoms with van der Waals surface area (Å²) in [5.41, 5.74) is 10.7. The number of thiophene rings is 1. The number of Topliss-reactive ketones (excluding diaryl/α,β-unsaturated/α-hetero) is 1. The van der Waals surface area contributed by atoms with Gasteiger partial charge >= 0.3 is 5.97 Å². The lowest BCUT2D eigenvalue weighted by Crippen LogP contribution is -2.05. The highest BCUT2D eigenvalue weighted by atomic mass is 32.1. The van der Waals surface area contributed by atoms with E-state index in [1.165, 1.54) is 18.3 Å². The fourth-order valence-electron chi connectivity index (χ4n) is 3.00. The van der Waals surface area contributed by atoms with E-state index in [1.54, 1.807) is 6.92 Å². The molecule has 0 saturated carbocycles. The van der Waals surface area contributed by atoms with Crippen molar-refractivity contribution in [2.75, 3.05) is 12.3 Å². The number of rotatable bonds is 3. The molecule has 0 spiro atoms. The molecule has 0 amide bonds. The Labute approximate surface area is 137 Å². The highest BCUT2D eigenvalue weighted by Crippen LogP contribution is 2.41. The predicted molar refractivity (Wildman–Crippen MR) is 92.6 cm³/mol. The van der Waals surface area contributed by atoms with Gasteiger partial charge in [0.25, 0.3) is 0 Å². The van der Waals surface area contributed by atoms with Gasteiger partial charge in [0.05, 0.1) is 32.9 Å². The molecule has 0 radical (unpaired) electrons. The molecule has 0 unspecified atom stereocenters. The van der Waals surface area contributed by atoms with Crippen molar-refractivity contribution in [3.8, 4) is 0 Å². The quantitative estimate of drug-likeness (QED) is 0.586. The van der Waals surface area contributed by atoms with Crippen LogP contribution in [0.15, 0.2) is 12.3 Å². The lowest BCUT2D eigenvalue weighted by molar-refractivity contribution is 0.0531. The normalized spacial score (nSPS) is 11.3. The molecular weight excluding hydrogens is 312 g/mol. The Morgan fingerprint density at radius 2 is 2.00 bits per heavy atom. The van der Waals surface area contributed by atoms with Crippen molar-refractivity contribution in [1.29, 1.82) is 0 Å². The highest BCUT2D eigenvalue weighted by Gasteiger charge is 2.27. The molecule has 0 saturated heterocycles. The number of aromatic nitrogens is 1. The third kappa shape index (κ3) is 2.21. The number of hydrogen-bond donors (Lipinski definition) is 1. The van der Waals surface area contributed by atoms with Gasteiger partial charge in [-0.15, -0.1) is 11.3 Å². The molecule has 0 aliphatic carbocycles. The maximum Gasteiger partial charge on any atom is 0.341 e. The van der Waals surface area contributed by atoms with Crippen molar-refractivity contribution < 1.29 is 14.3 Å². The monoisotopic (exact) mass is 330 g/mol. The Balaban J connectivity index is 2.52. The highest BCUT2D eigenvalue weighted by molar-refractivity contribution is 7.22. The third-order valence-electron chi connectivity index (χ3n) is 3.81. The summed E-state index contributed by atoms with van der Waals surface area (Å²) < 4.78 is 7.84. The second-order valence-electron chi connectivity index (χ2n) is 5.59. The molecule has 120 valence electrons. The fraction of sp³-hybridized carbons (Fsp3) is 0.294. The first kappa shape index (κ1) is 15.6. The van der Waals surface area contributed by atoms with Crippen LogP contribution in [-0.4, -0.2) is 22.8 Å². The number of hydrogen-bond acceptors (Lipinski definition) is 5. The molecule has 6 heteroatoms. The van der Waals surface area contributed by atoms with Gasteiger partial charge in [-0.25, -0.2) is 4.79 Å². The lowest BCUT2D eigenvalue weighted by Gasteiger charge is -2.06. The van der Waals surface area contributed by atoms with Gasteiger partial charge in [-0.05, 0) is 31.9 Å². The van der Waals surface area contributed by atoms with E-state index in [-0.39, 0.29) is 11.8 Å². The summed E-state index contributed by atoms with van der Waals surface area (Å²) >= 11 is 1.26. The van der Waals surface area contributed by atoms with Crippen LogP contribution in [0.2, 0.25) is 0 Å². The van der Waals surface area contributed by atoms with E-state index >= 15 is 0 Å². The summed E-state index contributed by atoms with van der Waals surface area (Å²) in [5.74, 6) is -0.486. The van der Waals surface area contributed by atoms with Gasteiger partial charge in [-0.2, -0.15) is 0 Å². The first-order valence-electron chi connectivity index (χ1n) is 7.38. The zero-order chi connectivity index (χ0) is 16.9. The molecule has 3 aromatic heterocycles. The van der Waals surface area contributed by atoms with Gasteiger partial charge < -0.3 is 14.9 Å². The van der Waals surface area contributed by atoms with Crippen LogP contribution >= 0.6 is 11.3 Å². The van der Waals surface area contributed by atoms with Crippen LogP contribution in [0, 0.1) is 13.8 Å². The van der Waals surface area contributed by atoms with E-state index in [0.29, 0.717) is 33.0 Å². The Kier molecular flexibility index (Phi) is 3.64. The molecular formula is C17H18N2O3S. The van der Waals surface area contributed by atoms with Crippen molar-refractivity contribution in [3.05, 3.63) is 33.8 Å². The van der Waals surface area contributed by atoms with Crippen LogP contribution in [0.3, 0.4) is 0 Å². The number of pyridine rings is 1. The Morgan fingerprint density at radius 1 is 1.30 bits per heavy atom. The number of carbonyl (C=O) groups is 2. The molecule has 2 N–H and O–H groups in total. The van der Waals surface area contributed by atoms with E-state index in [2.05, 4.69) is 0 Å². The molecule has 23 heavy (non-hydrogen) atoms. The van der Waals surface area contributed by atoms with Gasteiger partial charge in [-0.1, -0.05) is 6.07 Å². The van der Waals surface area contributed by atoms with Crippen LogP contribution in [0.25, 0.3) is 15.7 Å². The van der Waals surface area contributed by atoms with Crippen molar-refractivity contribution in [2.24, 2.45) is 0 Å². The minimum absolute atomic E-state index is 0.100. The molecule has 3 aromatic rings. The van der Waals surface area contributed by atoms with Crippen molar-refractivity contribution in [3.63, 3.8) is 0 Å². The first-order valence-corrected chi connectivity index (χ1v) is 8.19. The van der Waals surface area contributed by atoms with Crippen LogP contribution in [0.5, 0.6) is 0 Å². The average molecular weight is 330 g/mol. The Bertz CT molecular complexity index is 966. The largest absolute Gasteiger partial charge is 0.462 e. The van der Waals surface area contributed by atoms with Gasteiger partial charge in [0.15, 0.2) is 5.78 Å². The van der Waals surface area contributed by atoms with Crippen molar-refractivity contribution in [2.45, 2.75) is 27.7 Å². The Hall–Kier alpha value is -2.34. The van der Waals surface area contributed by atoms with E-state index in [0.717, 1.165) is 16.6 Å². The van der Waals surface area contributed by atoms with E-state index in [1.807, 2.05) is 30.5 Å². The third-order valence-corrected chi connectivity index (χ3v) is 5.13. The van der Waals surface area contributed by atoms with Gasteiger partial charge in [0.2, 0.25) is 0 Å². The number of ether oxygens (including phenoxy) is 1. The maximum absolute atomic E-state index is 12.5. The molecule has 0 aromatic carbocycles. The van der Waals surface area contributed by atoms with Crippen LogP contribution < -0.4 is 5.73 Å². The number of anilines is 1. The number of fused-ring (bicyclic) bond motifs is 3. The topological polar surface area (TPSA) is 73.8 Å². The average Bonchev–Trinajstić information content (AvgIpc) is 2.95. The minimum Gasteiger partial charge on any atom is -0.462 e. The standard InChI is InChI=1S/C17H18N2O3S/c1-5-22-17(21)11-13-9(3)6-8(2)7-19(13)14-12(18)15(10(4)20)23-16(11)14/h6-7H,5,18H2,1-4H3. The first-order chi connectivity index (χ1) is 10.9. The number of esters is 1. The van der Waals surface area contributed by atoms with E-state index in [9.17, 15) is 9.59 Å². The fourth-order valence-corrected chi connectivity index (χ4v) is 4.15. The minimum atomic E-state index is -0.386. The maximum atomic E-state index is 12.5. The molecule has 3 rings (SSSR count). The second kappa shape index (κ2) is 5.38. The number of carbonyl (C=O) groups excluding carboxylic acids is 2. The smallest absolute Gasteiger partial charge is 0.341 e. The Morgan fingerprint density at radius 3 is 2.61 bits per heavy atom. The van der Waals surface area contributed by atoms with Crippen molar-refractivity contribution in [1.82, 2.24) is 4.40 Å². The molecule has 0 aliphatic rings. The van der Waals surface area contributed by atoms with Gasteiger partial charge in [-0.3, -0.25) is 4.79 Å². The van der Waals surface area contributed by atoms with Crippen LogP contribution in [0.4, 0.5) is 5.69 Å². The van der Waals surface area contributed by atoms with E-state index in [4.69, 9.17) is 10.5 Å². The number of aryl methyl sites for hydroxylation is 2. The van der Waals surface area contributed by atoms with Crippen LogP contribution in [-0.2, 0) is 4.74 Å². The number of ketones is 1. The molecule has 3 heterocycles. The lowest BCUT2D eigenvalue weighted by atomic mass is 10.1. The summed E-state index contributed by atoms with van der Waals surface area (Å²) in [4.78, 5) is 24.8. The summed E-state index contributed by atoms with van der Waals surface area (Å²) in [6.45, 7) is 7.49.